The van der Waals surface area contributed by atoms with E-state index in [0.29, 0.717) is 16.7 Å². The van der Waals surface area contributed by atoms with Crippen LogP contribution in [0.25, 0.3) is 16.9 Å². The first-order valence-electron chi connectivity index (χ1n) is 10.5. The Labute approximate surface area is 193 Å². The summed E-state index contributed by atoms with van der Waals surface area (Å²) >= 11 is 4.95. The summed E-state index contributed by atoms with van der Waals surface area (Å²) in [6.45, 7) is 0. The number of rotatable bonds is 5. The zero-order valence-corrected chi connectivity index (χ0v) is 19.3. The molecule has 1 saturated carbocycles. The number of benzene rings is 1. The first kappa shape index (κ1) is 20.3. The lowest BCUT2D eigenvalue weighted by atomic mass is 9.95. The van der Waals surface area contributed by atoms with Crippen LogP contribution in [0, 0.1) is 0 Å². The van der Waals surface area contributed by atoms with E-state index in [1.54, 1.807) is 6.07 Å². The van der Waals surface area contributed by atoms with Crippen molar-refractivity contribution >= 4 is 44.7 Å². The average Bonchev–Trinajstić information content (AvgIpc) is 3.44. The van der Waals surface area contributed by atoms with Gasteiger partial charge in [0.2, 0.25) is 0 Å². The Balaban J connectivity index is 1.45. The lowest BCUT2D eigenvalue weighted by Gasteiger charge is -2.24. The third-order valence-electron chi connectivity index (χ3n) is 5.59. The van der Waals surface area contributed by atoms with Gasteiger partial charge >= 0.3 is 5.97 Å². The molecule has 0 bridgehead atoms. The van der Waals surface area contributed by atoms with Gasteiger partial charge in [-0.15, -0.1) is 11.3 Å². The number of hydrogen-bond donors (Lipinski definition) is 1. The standard InChI is InChI=1S/C24H22BrN3O2S/c25-17-10-13-21-27-22(23(28(21)15-17)26-18-5-2-1-3-6-18)16-8-11-19(12-9-16)30-24(29)20-7-4-14-31-20/h4,7-15,18,26H,1-3,5-6H2. The summed E-state index contributed by atoms with van der Waals surface area (Å²) in [5.74, 6) is 1.20. The number of carbonyl (C=O) groups is 1. The smallest absolute Gasteiger partial charge is 0.353 e. The predicted molar refractivity (Wildman–Crippen MR) is 128 cm³/mol. The molecule has 158 valence electrons. The molecule has 0 aliphatic heterocycles. The molecule has 0 saturated heterocycles. The fourth-order valence-electron chi connectivity index (χ4n) is 4.03. The van der Waals surface area contributed by atoms with Crippen LogP contribution in [0.5, 0.6) is 5.75 Å². The maximum Gasteiger partial charge on any atom is 0.353 e. The number of carbonyl (C=O) groups excluding carboxylic acids is 1. The SMILES string of the molecule is O=C(Oc1ccc(-c2nc3ccc(Br)cn3c2NC2CCCCC2)cc1)c1cccs1. The molecule has 0 radical (unpaired) electrons. The number of anilines is 1. The normalized spacial score (nSPS) is 14.6. The van der Waals surface area contributed by atoms with Gasteiger partial charge in [-0.25, -0.2) is 9.78 Å². The van der Waals surface area contributed by atoms with Gasteiger partial charge in [0.1, 0.15) is 27.8 Å². The molecular weight excluding hydrogens is 474 g/mol. The van der Waals surface area contributed by atoms with E-state index in [9.17, 15) is 4.79 Å². The van der Waals surface area contributed by atoms with Crippen molar-refractivity contribution in [1.82, 2.24) is 9.38 Å². The van der Waals surface area contributed by atoms with Crippen LogP contribution in [-0.4, -0.2) is 21.4 Å². The van der Waals surface area contributed by atoms with Gasteiger partial charge in [-0.3, -0.25) is 4.40 Å². The third kappa shape index (κ3) is 4.38. The van der Waals surface area contributed by atoms with Gasteiger partial charge in [-0.2, -0.15) is 0 Å². The van der Waals surface area contributed by atoms with E-state index in [2.05, 4.69) is 25.6 Å². The summed E-state index contributed by atoms with van der Waals surface area (Å²) in [5.41, 5.74) is 2.78. The third-order valence-corrected chi connectivity index (χ3v) is 6.91. The zero-order chi connectivity index (χ0) is 21.2. The molecule has 0 spiro atoms. The minimum atomic E-state index is -0.333. The first-order chi connectivity index (χ1) is 15.2. The van der Waals surface area contributed by atoms with E-state index in [4.69, 9.17) is 9.72 Å². The highest BCUT2D eigenvalue weighted by Gasteiger charge is 2.20. The van der Waals surface area contributed by atoms with Crippen molar-refractivity contribution in [3.63, 3.8) is 0 Å². The van der Waals surface area contributed by atoms with Crippen LogP contribution in [0.3, 0.4) is 0 Å². The lowest BCUT2D eigenvalue weighted by molar-refractivity contribution is 0.0740. The number of fused-ring (bicyclic) bond motifs is 1. The minimum Gasteiger partial charge on any atom is -0.422 e. The van der Waals surface area contributed by atoms with Crippen molar-refractivity contribution in [2.24, 2.45) is 0 Å². The molecule has 7 heteroatoms. The fourth-order valence-corrected chi connectivity index (χ4v) is 4.97. The summed E-state index contributed by atoms with van der Waals surface area (Å²) in [6, 6.07) is 15.6. The van der Waals surface area contributed by atoms with Crippen LogP contribution >= 0.6 is 27.3 Å². The van der Waals surface area contributed by atoms with Gasteiger partial charge in [-0.1, -0.05) is 25.3 Å². The molecule has 0 atom stereocenters. The molecule has 1 aromatic carbocycles. The molecule has 0 unspecified atom stereocenters. The number of hydrogen-bond acceptors (Lipinski definition) is 5. The van der Waals surface area contributed by atoms with Gasteiger partial charge in [0, 0.05) is 22.3 Å². The summed E-state index contributed by atoms with van der Waals surface area (Å²) in [5, 5.41) is 5.62. The number of esters is 1. The molecule has 1 N–H and O–H groups in total. The highest BCUT2D eigenvalue weighted by Crippen LogP contribution is 2.33. The van der Waals surface area contributed by atoms with E-state index in [1.165, 1.54) is 43.4 Å². The summed E-state index contributed by atoms with van der Waals surface area (Å²) < 4.78 is 8.62. The summed E-state index contributed by atoms with van der Waals surface area (Å²) in [6.07, 6.45) is 8.25. The van der Waals surface area contributed by atoms with E-state index in [1.807, 2.05) is 54.0 Å². The first-order valence-corrected chi connectivity index (χ1v) is 12.1. The topological polar surface area (TPSA) is 55.6 Å². The molecule has 3 aromatic heterocycles. The van der Waals surface area contributed by atoms with E-state index < -0.39 is 0 Å². The Hall–Kier alpha value is -2.64. The second-order valence-electron chi connectivity index (χ2n) is 7.76. The van der Waals surface area contributed by atoms with Crippen molar-refractivity contribution < 1.29 is 9.53 Å². The lowest BCUT2D eigenvalue weighted by Crippen LogP contribution is -2.23. The Morgan fingerprint density at radius 2 is 1.90 bits per heavy atom. The second kappa shape index (κ2) is 8.85. The number of nitrogens with zero attached hydrogens (tertiary/aromatic N) is 2. The fraction of sp³-hybridized carbons (Fsp3) is 0.250. The largest absolute Gasteiger partial charge is 0.422 e. The number of imidazole rings is 1. The van der Waals surface area contributed by atoms with Crippen LogP contribution < -0.4 is 10.1 Å². The number of pyridine rings is 1. The molecule has 1 fully saturated rings. The molecule has 1 aliphatic rings. The Kier molecular flexibility index (Phi) is 5.78. The Morgan fingerprint density at radius 1 is 1.10 bits per heavy atom. The van der Waals surface area contributed by atoms with Crippen LogP contribution in [0.15, 0.2) is 64.6 Å². The molecule has 4 aromatic rings. The monoisotopic (exact) mass is 495 g/mol. The van der Waals surface area contributed by atoms with Crippen LogP contribution in [0.1, 0.15) is 41.8 Å². The Morgan fingerprint density at radius 3 is 2.65 bits per heavy atom. The van der Waals surface area contributed by atoms with Gasteiger partial charge in [0.25, 0.3) is 0 Å². The van der Waals surface area contributed by atoms with Gasteiger partial charge in [0.05, 0.1) is 0 Å². The van der Waals surface area contributed by atoms with E-state index in [0.717, 1.165) is 27.2 Å². The van der Waals surface area contributed by atoms with Gasteiger partial charge in [-0.05, 0) is 76.6 Å². The molecule has 1 aliphatic carbocycles. The van der Waals surface area contributed by atoms with Crippen molar-refractivity contribution in [3.05, 3.63) is 69.5 Å². The van der Waals surface area contributed by atoms with Gasteiger partial charge < -0.3 is 10.1 Å². The van der Waals surface area contributed by atoms with E-state index in [-0.39, 0.29) is 5.97 Å². The van der Waals surface area contributed by atoms with Crippen molar-refractivity contribution in [2.45, 2.75) is 38.1 Å². The molecule has 0 amide bonds. The number of nitrogens with one attached hydrogen (secondary N) is 1. The quantitative estimate of drug-likeness (QED) is 0.244. The van der Waals surface area contributed by atoms with Crippen LogP contribution in [-0.2, 0) is 0 Å². The molecular formula is C24H22BrN3O2S. The zero-order valence-electron chi connectivity index (χ0n) is 16.9. The van der Waals surface area contributed by atoms with E-state index >= 15 is 0 Å². The van der Waals surface area contributed by atoms with Crippen LogP contribution in [0.2, 0.25) is 0 Å². The molecule has 3 heterocycles. The second-order valence-corrected chi connectivity index (χ2v) is 9.62. The highest BCUT2D eigenvalue weighted by molar-refractivity contribution is 9.10. The summed E-state index contributed by atoms with van der Waals surface area (Å²) in [4.78, 5) is 17.7. The predicted octanol–water partition coefficient (Wildman–Crippen LogP) is 6.79. The van der Waals surface area contributed by atoms with Crippen LogP contribution in [0.4, 0.5) is 5.82 Å². The molecule has 5 nitrogen and oxygen atoms in total. The number of aromatic nitrogens is 2. The highest BCUT2D eigenvalue weighted by atomic mass is 79.9. The van der Waals surface area contributed by atoms with Crippen molar-refractivity contribution in [2.75, 3.05) is 5.32 Å². The number of halogens is 1. The average molecular weight is 496 g/mol. The molecule has 31 heavy (non-hydrogen) atoms. The van der Waals surface area contributed by atoms with Crippen molar-refractivity contribution in [1.29, 1.82) is 0 Å². The van der Waals surface area contributed by atoms with Crippen molar-refractivity contribution in [3.8, 4) is 17.0 Å². The maximum atomic E-state index is 12.2. The Bertz CT molecular complexity index is 1200. The number of thiophene rings is 1. The van der Waals surface area contributed by atoms with Gasteiger partial charge in [0.15, 0.2) is 0 Å². The molecule has 5 rings (SSSR count). The summed E-state index contributed by atoms with van der Waals surface area (Å²) in [7, 11) is 0. The maximum absolute atomic E-state index is 12.2. The number of ether oxygens (including phenoxy) is 1. The minimum absolute atomic E-state index is 0.333.